The highest BCUT2D eigenvalue weighted by atomic mass is 16.1. The molecule has 0 saturated heterocycles. The average Bonchev–Trinajstić information content (AvgIpc) is 2.06. The molecule has 1 aliphatic rings. The zero-order valence-corrected chi connectivity index (χ0v) is 6.05. The number of H-pyrrole nitrogens is 1. The van der Waals surface area contributed by atoms with E-state index in [-0.39, 0.29) is 5.56 Å². The van der Waals surface area contributed by atoms with Gasteiger partial charge in [0.25, 0.3) is 5.56 Å². The molecule has 0 aromatic carbocycles. The minimum absolute atomic E-state index is 0.0605. The molecule has 4 nitrogen and oxygen atoms in total. The summed E-state index contributed by atoms with van der Waals surface area (Å²) in [4.78, 5) is 11.1. The number of nitrogens with one attached hydrogen (secondary N) is 2. The van der Waals surface area contributed by atoms with Crippen LogP contribution in [0.25, 0.3) is 0 Å². The van der Waals surface area contributed by atoms with E-state index in [9.17, 15) is 4.79 Å². The van der Waals surface area contributed by atoms with Gasteiger partial charge in [-0.05, 0) is 12.8 Å². The largest absolute Gasteiger partial charge is 0.383 e. The van der Waals surface area contributed by atoms with Gasteiger partial charge in [0, 0.05) is 12.1 Å². The van der Waals surface area contributed by atoms with Crippen LogP contribution in [0.3, 0.4) is 0 Å². The second kappa shape index (κ2) is 2.38. The Kier molecular flexibility index (Phi) is 1.38. The fourth-order valence-electron chi connectivity index (χ4n) is 1.31. The van der Waals surface area contributed by atoms with Crippen LogP contribution in [0.5, 0.6) is 0 Å². The summed E-state index contributed by atoms with van der Waals surface area (Å²) in [6, 6.07) is 0. The van der Waals surface area contributed by atoms with Crippen LogP contribution in [0.2, 0.25) is 0 Å². The highest BCUT2D eigenvalue weighted by molar-refractivity contribution is 5.49. The van der Waals surface area contributed by atoms with Gasteiger partial charge >= 0.3 is 0 Å². The van der Waals surface area contributed by atoms with Gasteiger partial charge in [0.2, 0.25) is 0 Å². The predicted molar refractivity (Wildman–Crippen MR) is 41.7 cm³/mol. The van der Waals surface area contributed by atoms with Crippen LogP contribution in [-0.2, 0) is 6.42 Å². The maximum absolute atomic E-state index is 11.1. The standard InChI is InChI=1S/C7H9N3O/c11-7-5-2-1-3-8-6(5)4-9-10-7/h4,8H,1-3H2,(H,10,11). The monoisotopic (exact) mass is 151 g/mol. The lowest BCUT2D eigenvalue weighted by molar-refractivity contribution is 0.797. The summed E-state index contributed by atoms with van der Waals surface area (Å²) in [5, 5.41) is 9.23. The Labute approximate surface area is 63.6 Å². The SMILES string of the molecule is O=c1[nH]ncc2c1CCCN2. The smallest absolute Gasteiger partial charge is 0.269 e. The number of aromatic nitrogens is 2. The van der Waals surface area contributed by atoms with E-state index >= 15 is 0 Å². The summed E-state index contributed by atoms with van der Waals surface area (Å²) in [6.45, 7) is 0.943. The number of hydrogen-bond acceptors (Lipinski definition) is 3. The molecule has 0 aliphatic carbocycles. The maximum Gasteiger partial charge on any atom is 0.269 e. The quantitative estimate of drug-likeness (QED) is 0.554. The summed E-state index contributed by atoms with van der Waals surface area (Å²) < 4.78 is 0. The van der Waals surface area contributed by atoms with Gasteiger partial charge in [-0.2, -0.15) is 5.10 Å². The first-order chi connectivity index (χ1) is 5.38. The van der Waals surface area contributed by atoms with E-state index < -0.39 is 0 Å². The Morgan fingerprint density at radius 3 is 3.27 bits per heavy atom. The van der Waals surface area contributed by atoms with E-state index in [0.717, 1.165) is 30.6 Å². The molecule has 0 spiro atoms. The summed E-state index contributed by atoms with van der Waals surface area (Å²) in [6.07, 6.45) is 3.55. The van der Waals surface area contributed by atoms with E-state index in [4.69, 9.17) is 0 Å². The van der Waals surface area contributed by atoms with Crippen LogP contribution in [0.4, 0.5) is 5.69 Å². The van der Waals surface area contributed by atoms with Crippen molar-refractivity contribution < 1.29 is 0 Å². The van der Waals surface area contributed by atoms with Crippen LogP contribution in [0.1, 0.15) is 12.0 Å². The fourth-order valence-corrected chi connectivity index (χ4v) is 1.31. The van der Waals surface area contributed by atoms with Crippen LogP contribution < -0.4 is 10.9 Å². The minimum Gasteiger partial charge on any atom is -0.383 e. The molecule has 58 valence electrons. The third-order valence-corrected chi connectivity index (χ3v) is 1.88. The van der Waals surface area contributed by atoms with Crippen molar-refractivity contribution >= 4 is 5.69 Å². The molecular formula is C7H9N3O. The third kappa shape index (κ3) is 1.00. The molecule has 2 rings (SSSR count). The second-order valence-corrected chi connectivity index (χ2v) is 2.62. The van der Waals surface area contributed by atoms with Gasteiger partial charge in [-0.15, -0.1) is 0 Å². The Hall–Kier alpha value is -1.32. The number of aromatic amines is 1. The van der Waals surface area contributed by atoms with E-state index in [1.54, 1.807) is 6.20 Å². The predicted octanol–water partition coefficient (Wildman–Crippen LogP) is 0.128. The molecular weight excluding hydrogens is 142 g/mol. The van der Waals surface area contributed by atoms with Gasteiger partial charge in [0.1, 0.15) is 0 Å². The lowest BCUT2D eigenvalue weighted by Gasteiger charge is -2.14. The molecule has 0 radical (unpaired) electrons. The molecule has 1 aliphatic heterocycles. The summed E-state index contributed by atoms with van der Waals surface area (Å²) in [7, 11) is 0. The van der Waals surface area contributed by atoms with Gasteiger partial charge < -0.3 is 5.32 Å². The molecule has 2 N–H and O–H groups in total. The Bertz CT molecular complexity index is 318. The Balaban J connectivity index is 2.58. The molecule has 11 heavy (non-hydrogen) atoms. The first-order valence-electron chi connectivity index (χ1n) is 3.68. The Morgan fingerprint density at radius 2 is 2.45 bits per heavy atom. The molecule has 0 bridgehead atoms. The molecule has 0 saturated carbocycles. The fraction of sp³-hybridized carbons (Fsp3) is 0.429. The zero-order chi connectivity index (χ0) is 7.68. The summed E-state index contributed by atoms with van der Waals surface area (Å²) in [5.41, 5.74) is 1.67. The third-order valence-electron chi connectivity index (χ3n) is 1.88. The van der Waals surface area contributed by atoms with Gasteiger partial charge in [-0.1, -0.05) is 0 Å². The summed E-state index contributed by atoms with van der Waals surface area (Å²) in [5.74, 6) is 0. The van der Waals surface area contributed by atoms with Crippen molar-refractivity contribution in [3.05, 3.63) is 22.1 Å². The molecule has 1 aromatic heterocycles. The molecule has 1 aromatic rings. The Morgan fingerprint density at radius 1 is 1.55 bits per heavy atom. The second-order valence-electron chi connectivity index (χ2n) is 2.62. The van der Waals surface area contributed by atoms with E-state index in [0.29, 0.717) is 0 Å². The molecule has 0 atom stereocenters. The van der Waals surface area contributed by atoms with E-state index in [1.807, 2.05) is 0 Å². The van der Waals surface area contributed by atoms with Crippen LogP contribution in [-0.4, -0.2) is 16.7 Å². The van der Waals surface area contributed by atoms with Gasteiger partial charge in [-0.25, -0.2) is 5.10 Å². The van der Waals surface area contributed by atoms with Crippen molar-refractivity contribution in [3.8, 4) is 0 Å². The van der Waals surface area contributed by atoms with Crippen LogP contribution in [0.15, 0.2) is 11.0 Å². The number of fused-ring (bicyclic) bond motifs is 1. The lowest BCUT2D eigenvalue weighted by atomic mass is 10.1. The number of nitrogens with zero attached hydrogens (tertiary/aromatic N) is 1. The molecule has 4 heteroatoms. The number of anilines is 1. The van der Waals surface area contributed by atoms with Crippen molar-refractivity contribution in [1.29, 1.82) is 0 Å². The van der Waals surface area contributed by atoms with Crippen molar-refractivity contribution in [2.75, 3.05) is 11.9 Å². The van der Waals surface area contributed by atoms with E-state index in [2.05, 4.69) is 15.5 Å². The molecule has 2 heterocycles. The van der Waals surface area contributed by atoms with Crippen molar-refractivity contribution in [2.24, 2.45) is 0 Å². The topological polar surface area (TPSA) is 57.8 Å². The molecule has 0 fully saturated rings. The van der Waals surface area contributed by atoms with Crippen molar-refractivity contribution in [1.82, 2.24) is 10.2 Å². The highest BCUT2D eigenvalue weighted by Gasteiger charge is 2.10. The molecule has 0 unspecified atom stereocenters. The number of hydrogen-bond donors (Lipinski definition) is 2. The molecule has 0 amide bonds. The average molecular weight is 151 g/mol. The van der Waals surface area contributed by atoms with Gasteiger partial charge in [0.15, 0.2) is 0 Å². The zero-order valence-electron chi connectivity index (χ0n) is 6.05. The van der Waals surface area contributed by atoms with Gasteiger partial charge in [-0.3, -0.25) is 4.79 Å². The maximum atomic E-state index is 11.1. The van der Waals surface area contributed by atoms with Crippen LogP contribution in [0, 0.1) is 0 Å². The number of rotatable bonds is 0. The lowest BCUT2D eigenvalue weighted by Crippen LogP contribution is -2.22. The van der Waals surface area contributed by atoms with Crippen LogP contribution >= 0.6 is 0 Å². The van der Waals surface area contributed by atoms with E-state index in [1.165, 1.54) is 0 Å². The minimum atomic E-state index is -0.0605. The normalized spacial score (nSPS) is 15.3. The highest BCUT2D eigenvalue weighted by Crippen LogP contribution is 2.14. The first-order valence-corrected chi connectivity index (χ1v) is 3.68. The first kappa shape index (κ1) is 6.39. The van der Waals surface area contributed by atoms with Crippen molar-refractivity contribution in [2.45, 2.75) is 12.8 Å². The summed E-state index contributed by atoms with van der Waals surface area (Å²) >= 11 is 0. The van der Waals surface area contributed by atoms with Crippen molar-refractivity contribution in [3.63, 3.8) is 0 Å². The van der Waals surface area contributed by atoms with Gasteiger partial charge in [0.05, 0.1) is 11.9 Å².